The van der Waals surface area contributed by atoms with Crippen molar-refractivity contribution in [2.24, 2.45) is 0 Å². The van der Waals surface area contributed by atoms with Crippen LogP contribution in [0.4, 0.5) is 0 Å². The summed E-state index contributed by atoms with van der Waals surface area (Å²) in [6.07, 6.45) is 1.86. The molecule has 0 bridgehead atoms. The number of fused-ring (bicyclic) bond motifs is 3. The number of benzene rings is 3. The average Bonchev–Trinajstić information content (AvgIpc) is 3.41. The molecular weight excluding hydrogens is 603 g/mol. The summed E-state index contributed by atoms with van der Waals surface area (Å²) in [5, 5.41) is 0. The number of hydrogen-bond acceptors (Lipinski definition) is 7. The summed E-state index contributed by atoms with van der Waals surface area (Å²) >= 11 is 3.59. The molecule has 0 amide bonds. The number of rotatable bonds is 10. The third kappa shape index (κ3) is 5.58. The van der Waals surface area contributed by atoms with Crippen LogP contribution in [0, 0.1) is 10.5 Å². The zero-order valence-corrected chi connectivity index (χ0v) is 23.4. The molecule has 37 heavy (non-hydrogen) atoms. The third-order valence-corrected chi connectivity index (χ3v) is 7.52. The molecule has 0 saturated carbocycles. The van der Waals surface area contributed by atoms with Gasteiger partial charge in [-0.25, -0.2) is 9.38 Å². The lowest BCUT2D eigenvalue weighted by Gasteiger charge is -2.14. The first-order valence-corrected chi connectivity index (χ1v) is 13.6. The van der Waals surface area contributed by atoms with Gasteiger partial charge in [0, 0.05) is 0 Å². The van der Waals surface area contributed by atoms with E-state index in [0.29, 0.717) is 47.4 Å². The maximum Gasteiger partial charge on any atom is 0.274 e. The molecular formula is C28H25IN2O5S. The van der Waals surface area contributed by atoms with Crippen molar-refractivity contribution in [2.45, 2.75) is 6.92 Å². The summed E-state index contributed by atoms with van der Waals surface area (Å²) in [5.74, 6) is 2.11. The van der Waals surface area contributed by atoms with Gasteiger partial charge < -0.3 is 18.9 Å². The standard InChI is InChI=1S/C28H25IN2O5S/c1-18-7-3-6-10-23(18)35-13-11-34-12-14-36-26-20(29)15-19(16-24(26)33-2)17-25-27(32)31-22-9-5-4-8-21(22)30-28(31)37-25/h3-10,15-17H,11-14H2,1-2H3/b25-17-. The third-order valence-electron chi connectivity index (χ3n) is 5.75. The number of aromatic nitrogens is 2. The van der Waals surface area contributed by atoms with Crippen molar-refractivity contribution >= 4 is 56.0 Å². The van der Waals surface area contributed by atoms with Gasteiger partial charge in [0.15, 0.2) is 16.5 Å². The molecule has 5 rings (SSSR count). The highest BCUT2D eigenvalue weighted by Crippen LogP contribution is 2.34. The molecule has 0 radical (unpaired) electrons. The zero-order valence-electron chi connectivity index (χ0n) is 20.4. The van der Waals surface area contributed by atoms with Crippen LogP contribution in [-0.2, 0) is 4.74 Å². The molecule has 0 aliphatic heterocycles. The van der Waals surface area contributed by atoms with E-state index in [0.717, 1.165) is 31.5 Å². The molecule has 0 aliphatic carbocycles. The molecule has 0 N–H and O–H groups in total. The molecule has 3 aromatic carbocycles. The molecule has 0 fully saturated rings. The number of hydrogen-bond donors (Lipinski definition) is 0. The van der Waals surface area contributed by atoms with Crippen LogP contribution in [0.3, 0.4) is 0 Å². The van der Waals surface area contributed by atoms with E-state index < -0.39 is 0 Å². The van der Waals surface area contributed by atoms with Gasteiger partial charge in [0.1, 0.15) is 19.0 Å². The minimum Gasteiger partial charge on any atom is -0.493 e. The largest absolute Gasteiger partial charge is 0.493 e. The SMILES string of the molecule is COc1cc(/C=c2\sc3nc4ccccc4n3c2=O)cc(I)c1OCCOCCOc1ccccc1C. The van der Waals surface area contributed by atoms with Gasteiger partial charge >= 0.3 is 0 Å². The van der Waals surface area contributed by atoms with Crippen LogP contribution in [0.5, 0.6) is 17.2 Å². The fraction of sp³-hybridized carbons (Fsp3) is 0.214. The number of imidazole rings is 1. The van der Waals surface area contributed by atoms with Gasteiger partial charge in [0.2, 0.25) is 0 Å². The fourth-order valence-corrected chi connectivity index (χ4v) is 5.73. The van der Waals surface area contributed by atoms with Crippen molar-refractivity contribution in [2.75, 3.05) is 33.5 Å². The predicted molar refractivity (Wildman–Crippen MR) is 154 cm³/mol. The Morgan fingerprint density at radius 2 is 1.73 bits per heavy atom. The first-order valence-electron chi connectivity index (χ1n) is 11.7. The van der Waals surface area contributed by atoms with Gasteiger partial charge in [-0.3, -0.25) is 4.79 Å². The Balaban J connectivity index is 1.23. The van der Waals surface area contributed by atoms with Crippen molar-refractivity contribution in [1.29, 1.82) is 0 Å². The summed E-state index contributed by atoms with van der Waals surface area (Å²) in [6.45, 7) is 3.76. The van der Waals surface area contributed by atoms with E-state index in [4.69, 9.17) is 18.9 Å². The van der Waals surface area contributed by atoms with Gasteiger partial charge in [-0.2, -0.15) is 0 Å². The van der Waals surface area contributed by atoms with E-state index in [9.17, 15) is 4.79 Å². The molecule has 0 unspecified atom stereocenters. The van der Waals surface area contributed by atoms with E-state index >= 15 is 0 Å². The van der Waals surface area contributed by atoms with Gasteiger partial charge in [-0.15, -0.1) is 0 Å². The molecule has 5 aromatic rings. The molecule has 0 atom stereocenters. The Morgan fingerprint density at radius 1 is 0.973 bits per heavy atom. The van der Waals surface area contributed by atoms with Crippen LogP contribution in [0.2, 0.25) is 0 Å². The van der Waals surface area contributed by atoms with Crippen molar-refractivity contribution < 1.29 is 18.9 Å². The monoisotopic (exact) mass is 628 g/mol. The van der Waals surface area contributed by atoms with Crippen molar-refractivity contribution in [3.05, 3.63) is 90.2 Å². The molecule has 0 aliphatic rings. The van der Waals surface area contributed by atoms with Crippen molar-refractivity contribution in [3.8, 4) is 17.2 Å². The Bertz CT molecular complexity index is 1660. The number of ether oxygens (including phenoxy) is 4. The smallest absolute Gasteiger partial charge is 0.274 e. The van der Waals surface area contributed by atoms with Crippen LogP contribution in [0.1, 0.15) is 11.1 Å². The number of nitrogens with zero attached hydrogens (tertiary/aromatic N) is 2. The zero-order chi connectivity index (χ0) is 25.8. The van der Waals surface area contributed by atoms with Crippen LogP contribution < -0.4 is 24.3 Å². The van der Waals surface area contributed by atoms with Gasteiger partial charge in [0.25, 0.3) is 5.56 Å². The summed E-state index contributed by atoms with van der Waals surface area (Å²) in [5.41, 5.74) is 3.51. The second-order valence-electron chi connectivity index (χ2n) is 8.24. The highest BCUT2D eigenvalue weighted by atomic mass is 127. The van der Waals surface area contributed by atoms with Crippen LogP contribution in [0.15, 0.2) is 65.5 Å². The first kappa shape index (κ1) is 25.5. The second-order valence-corrected chi connectivity index (χ2v) is 10.4. The quantitative estimate of drug-likeness (QED) is 0.163. The summed E-state index contributed by atoms with van der Waals surface area (Å²) in [6, 6.07) is 19.4. The molecule has 2 aromatic heterocycles. The maximum atomic E-state index is 13.1. The van der Waals surface area contributed by atoms with Crippen LogP contribution in [-0.4, -0.2) is 42.9 Å². The number of thiazole rings is 1. The van der Waals surface area contributed by atoms with Crippen molar-refractivity contribution in [1.82, 2.24) is 9.38 Å². The minimum atomic E-state index is -0.0773. The minimum absolute atomic E-state index is 0.0773. The number of para-hydroxylation sites is 3. The Labute approximate surface area is 231 Å². The average molecular weight is 628 g/mol. The molecule has 0 saturated heterocycles. The highest BCUT2D eigenvalue weighted by Gasteiger charge is 2.13. The van der Waals surface area contributed by atoms with Crippen molar-refractivity contribution in [3.63, 3.8) is 0 Å². The lowest BCUT2D eigenvalue weighted by Crippen LogP contribution is -2.22. The second kappa shape index (κ2) is 11.5. The maximum absolute atomic E-state index is 13.1. The van der Waals surface area contributed by atoms with E-state index in [1.807, 2.05) is 73.7 Å². The summed E-state index contributed by atoms with van der Waals surface area (Å²) in [7, 11) is 1.60. The molecule has 0 spiro atoms. The summed E-state index contributed by atoms with van der Waals surface area (Å²) < 4.78 is 26.1. The Hall–Kier alpha value is -3.15. The molecule has 7 nitrogen and oxygen atoms in total. The Morgan fingerprint density at radius 3 is 2.54 bits per heavy atom. The molecule has 9 heteroatoms. The lowest BCUT2D eigenvalue weighted by atomic mass is 10.2. The molecule has 2 heterocycles. The number of aryl methyl sites for hydroxylation is 1. The first-order chi connectivity index (χ1) is 18.0. The van der Waals surface area contributed by atoms with E-state index in [1.165, 1.54) is 11.3 Å². The van der Waals surface area contributed by atoms with Crippen LogP contribution in [0.25, 0.3) is 22.1 Å². The van der Waals surface area contributed by atoms with Gasteiger partial charge in [-0.1, -0.05) is 41.7 Å². The molecule has 190 valence electrons. The fourth-order valence-electron chi connectivity index (χ4n) is 3.96. The van der Waals surface area contributed by atoms with Crippen LogP contribution >= 0.6 is 33.9 Å². The van der Waals surface area contributed by atoms with E-state index in [-0.39, 0.29) is 5.56 Å². The number of halogens is 1. The number of methoxy groups -OCH3 is 1. The predicted octanol–water partition coefficient (Wildman–Crippen LogP) is 4.85. The lowest BCUT2D eigenvalue weighted by molar-refractivity contribution is 0.0753. The Kier molecular flexibility index (Phi) is 7.92. The topological polar surface area (TPSA) is 71.3 Å². The normalized spacial score (nSPS) is 11.9. The highest BCUT2D eigenvalue weighted by molar-refractivity contribution is 14.1. The van der Waals surface area contributed by atoms with Gasteiger partial charge in [-0.05, 0) is 77.0 Å². The van der Waals surface area contributed by atoms with Gasteiger partial charge in [0.05, 0.1) is 39.5 Å². The van der Waals surface area contributed by atoms with E-state index in [1.54, 1.807) is 11.5 Å². The van der Waals surface area contributed by atoms with E-state index in [2.05, 4.69) is 27.6 Å². The summed E-state index contributed by atoms with van der Waals surface area (Å²) in [4.78, 5) is 18.3.